The maximum Gasteiger partial charge on any atom is 0.149 e. The van der Waals surface area contributed by atoms with Crippen molar-refractivity contribution in [2.45, 2.75) is 38.3 Å². The Morgan fingerprint density at radius 2 is 2.29 bits per heavy atom. The number of hydrogen-bond acceptors (Lipinski definition) is 5. The lowest BCUT2D eigenvalue weighted by atomic mass is 10.1. The van der Waals surface area contributed by atoms with E-state index in [0.29, 0.717) is 17.5 Å². The Kier molecular flexibility index (Phi) is 3.38. The molecule has 94 valence electrons. The summed E-state index contributed by atoms with van der Waals surface area (Å²) in [7, 11) is 0. The van der Waals surface area contributed by atoms with Crippen molar-refractivity contribution in [2.75, 3.05) is 22.9 Å². The van der Waals surface area contributed by atoms with Crippen LogP contribution in [0.15, 0.2) is 12.1 Å². The Hall–Kier alpha value is -1.49. The zero-order valence-electron chi connectivity index (χ0n) is 10.1. The van der Waals surface area contributed by atoms with Gasteiger partial charge in [-0.15, -0.1) is 0 Å². The van der Waals surface area contributed by atoms with Crippen LogP contribution in [0.25, 0.3) is 0 Å². The van der Waals surface area contributed by atoms with Crippen LogP contribution in [-0.4, -0.2) is 28.8 Å². The van der Waals surface area contributed by atoms with Gasteiger partial charge in [-0.2, -0.15) is 0 Å². The van der Waals surface area contributed by atoms with Gasteiger partial charge in [0.1, 0.15) is 11.6 Å². The van der Waals surface area contributed by atoms with Crippen molar-refractivity contribution < 1.29 is 5.11 Å². The number of aromatic nitrogens is 1. The molecule has 1 fully saturated rings. The normalized spacial score (nSPS) is 21.8. The summed E-state index contributed by atoms with van der Waals surface area (Å²) >= 11 is 0. The monoisotopic (exact) mass is 236 g/mol. The van der Waals surface area contributed by atoms with Gasteiger partial charge in [0.15, 0.2) is 0 Å². The molecule has 5 heteroatoms. The van der Waals surface area contributed by atoms with Gasteiger partial charge >= 0.3 is 0 Å². The molecule has 0 radical (unpaired) electrons. The fraction of sp³-hybridized carbons (Fsp3) is 0.583. The molecule has 1 saturated heterocycles. The second-order valence-electron chi connectivity index (χ2n) is 4.72. The molecule has 17 heavy (non-hydrogen) atoms. The summed E-state index contributed by atoms with van der Waals surface area (Å²) in [6.45, 7) is 2.79. The lowest BCUT2D eigenvalue weighted by Crippen LogP contribution is -2.32. The van der Waals surface area contributed by atoms with Crippen molar-refractivity contribution in [2.24, 2.45) is 0 Å². The number of aliphatic hydroxyl groups excluding tert-OH is 1. The summed E-state index contributed by atoms with van der Waals surface area (Å²) in [6.07, 6.45) is 2.71. The van der Waals surface area contributed by atoms with E-state index in [-0.39, 0.29) is 6.10 Å². The zero-order chi connectivity index (χ0) is 12.4. The van der Waals surface area contributed by atoms with Crippen molar-refractivity contribution in [3.8, 4) is 0 Å². The molecule has 2 heterocycles. The van der Waals surface area contributed by atoms with Gasteiger partial charge in [-0.05, 0) is 38.3 Å². The van der Waals surface area contributed by atoms with Gasteiger partial charge in [-0.1, -0.05) is 0 Å². The third kappa shape index (κ3) is 2.61. The Bertz CT molecular complexity index is 394. The molecule has 1 aromatic heterocycles. The average Bonchev–Trinajstić information content (AvgIpc) is 2.69. The minimum Gasteiger partial charge on any atom is -0.396 e. The highest BCUT2D eigenvalue weighted by Gasteiger charge is 2.26. The summed E-state index contributed by atoms with van der Waals surface area (Å²) < 4.78 is 0. The fourth-order valence-corrected chi connectivity index (χ4v) is 2.41. The summed E-state index contributed by atoms with van der Waals surface area (Å²) in [6, 6.07) is 4.03. The summed E-state index contributed by atoms with van der Waals surface area (Å²) in [4.78, 5) is 6.52. The molecule has 0 bridgehead atoms. The number of nitrogen functional groups attached to an aromatic ring is 2. The van der Waals surface area contributed by atoms with Gasteiger partial charge in [0, 0.05) is 12.6 Å². The molecule has 2 rings (SSSR count). The molecule has 2 unspecified atom stereocenters. The van der Waals surface area contributed by atoms with E-state index in [9.17, 15) is 5.11 Å². The van der Waals surface area contributed by atoms with E-state index >= 15 is 0 Å². The second-order valence-corrected chi connectivity index (χ2v) is 4.72. The maximum absolute atomic E-state index is 9.48. The maximum atomic E-state index is 9.48. The van der Waals surface area contributed by atoms with Crippen LogP contribution in [0.2, 0.25) is 0 Å². The van der Waals surface area contributed by atoms with E-state index in [2.05, 4.69) is 9.88 Å². The highest BCUT2D eigenvalue weighted by molar-refractivity contribution is 5.62. The molecule has 2 atom stereocenters. The summed E-state index contributed by atoms with van der Waals surface area (Å²) in [5.41, 5.74) is 11.9. The molecule has 5 nitrogen and oxygen atoms in total. The van der Waals surface area contributed by atoms with Crippen molar-refractivity contribution in [3.05, 3.63) is 12.1 Å². The zero-order valence-corrected chi connectivity index (χ0v) is 10.1. The highest BCUT2D eigenvalue weighted by atomic mass is 16.3. The van der Waals surface area contributed by atoms with E-state index in [1.807, 2.05) is 13.0 Å². The first-order valence-corrected chi connectivity index (χ1v) is 6.04. The fourth-order valence-electron chi connectivity index (χ4n) is 2.41. The lowest BCUT2D eigenvalue weighted by Gasteiger charge is -2.27. The third-order valence-corrected chi connectivity index (χ3v) is 3.23. The van der Waals surface area contributed by atoms with Gasteiger partial charge in [0.05, 0.1) is 11.8 Å². The van der Waals surface area contributed by atoms with Crippen LogP contribution in [0.4, 0.5) is 17.3 Å². The highest BCUT2D eigenvalue weighted by Crippen LogP contribution is 2.28. The number of aliphatic hydroxyl groups is 1. The van der Waals surface area contributed by atoms with E-state index in [0.717, 1.165) is 31.6 Å². The Morgan fingerprint density at radius 1 is 1.53 bits per heavy atom. The number of nitrogens with two attached hydrogens (primary N) is 2. The average molecular weight is 236 g/mol. The van der Waals surface area contributed by atoms with Crippen molar-refractivity contribution in [3.63, 3.8) is 0 Å². The van der Waals surface area contributed by atoms with Crippen molar-refractivity contribution in [1.29, 1.82) is 0 Å². The molecule has 1 aliphatic heterocycles. The number of hydrogen-bond donors (Lipinski definition) is 3. The molecule has 1 aliphatic rings. The number of rotatable bonds is 3. The Balaban J connectivity index is 2.17. The van der Waals surface area contributed by atoms with E-state index in [4.69, 9.17) is 11.5 Å². The van der Waals surface area contributed by atoms with Gasteiger partial charge in [-0.25, -0.2) is 4.98 Å². The number of anilines is 3. The third-order valence-electron chi connectivity index (χ3n) is 3.23. The molecule has 0 saturated carbocycles. The van der Waals surface area contributed by atoms with E-state index in [1.54, 1.807) is 6.07 Å². The van der Waals surface area contributed by atoms with Gasteiger partial charge < -0.3 is 21.5 Å². The van der Waals surface area contributed by atoms with Gasteiger partial charge in [0.25, 0.3) is 0 Å². The minimum atomic E-state index is -0.285. The topological polar surface area (TPSA) is 88.4 Å². The quantitative estimate of drug-likeness (QED) is 0.728. The first-order chi connectivity index (χ1) is 8.08. The van der Waals surface area contributed by atoms with E-state index in [1.165, 1.54) is 0 Å². The van der Waals surface area contributed by atoms with Crippen LogP contribution in [0.3, 0.4) is 0 Å². The molecule has 0 spiro atoms. The van der Waals surface area contributed by atoms with Crippen molar-refractivity contribution >= 4 is 17.3 Å². The molecule has 1 aromatic rings. The molecule has 0 amide bonds. The minimum absolute atomic E-state index is 0.285. The molecule has 0 aliphatic carbocycles. The smallest absolute Gasteiger partial charge is 0.149 e. The Morgan fingerprint density at radius 3 is 2.94 bits per heavy atom. The molecular weight excluding hydrogens is 216 g/mol. The standard InChI is InChI=1S/C12H20N4O/c1-8(17)7-9-3-2-6-16(9)11-5-4-10(13)12(14)15-11/h4-5,8-9,17H,2-3,6-7,13H2,1H3,(H2,14,15). The SMILES string of the molecule is CC(O)CC1CCCN1c1ccc(N)c(N)n1. The predicted molar refractivity (Wildman–Crippen MR) is 69.7 cm³/mol. The molecule has 5 N–H and O–H groups in total. The second kappa shape index (κ2) is 4.79. The number of pyridine rings is 1. The Labute approximate surface area is 101 Å². The summed E-state index contributed by atoms with van der Waals surface area (Å²) in [5, 5.41) is 9.48. The van der Waals surface area contributed by atoms with Crippen LogP contribution >= 0.6 is 0 Å². The van der Waals surface area contributed by atoms with Crippen LogP contribution in [0.5, 0.6) is 0 Å². The van der Waals surface area contributed by atoms with Crippen LogP contribution in [-0.2, 0) is 0 Å². The van der Waals surface area contributed by atoms with Gasteiger partial charge in [0.2, 0.25) is 0 Å². The first-order valence-electron chi connectivity index (χ1n) is 6.04. The van der Waals surface area contributed by atoms with Crippen LogP contribution in [0.1, 0.15) is 26.2 Å². The lowest BCUT2D eigenvalue weighted by molar-refractivity contribution is 0.175. The predicted octanol–water partition coefficient (Wildman–Crippen LogP) is 0.986. The largest absolute Gasteiger partial charge is 0.396 e. The molecular formula is C12H20N4O. The molecule has 0 aromatic carbocycles. The first kappa shape index (κ1) is 12.0. The van der Waals surface area contributed by atoms with E-state index < -0.39 is 0 Å². The van der Waals surface area contributed by atoms with Crippen molar-refractivity contribution in [1.82, 2.24) is 4.98 Å². The summed E-state index contributed by atoms with van der Waals surface area (Å²) in [5.74, 6) is 1.24. The van der Waals surface area contributed by atoms with Gasteiger partial charge in [-0.3, -0.25) is 0 Å². The van der Waals surface area contributed by atoms with Crippen LogP contribution in [0, 0.1) is 0 Å². The van der Waals surface area contributed by atoms with Crippen LogP contribution < -0.4 is 16.4 Å². The number of nitrogens with zero attached hydrogens (tertiary/aromatic N) is 2.